The lowest BCUT2D eigenvalue weighted by atomic mass is 9.99. The smallest absolute Gasteiger partial charge is 0.293 e. The second-order valence-corrected chi connectivity index (χ2v) is 3.71. The lowest BCUT2D eigenvalue weighted by Crippen LogP contribution is -2.41. The molecule has 1 aromatic rings. The third-order valence-corrected chi connectivity index (χ3v) is 2.63. The summed E-state index contributed by atoms with van der Waals surface area (Å²) >= 11 is 0. The van der Waals surface area contributed by atoms with Crippen molar-refractivity contribution in [2.45, 2.75) is 24.3 Å². The summed E-state index contributed by atoms with van der Waals surface area (Å²) in [5, 5.41) is 0. The van der Waals surface area contributed by atoms with Crippen LogP contribution >= 0.6 is 0 Å². The predicted octanol–water partition coefficient (Wildman–Crippen LogP) is 2.41. The molecule has 1 aliphatic rings. The van der Waals surface area contributed by atoms with E-state index in [2.05, 4.69) is 0 Å². The molecule has 0 bridgehead atoms. The summed E-state index contributed by atoms with van der Waals surface area (Å²) in [6, 6.07) is 4.88. The van der Waals surface area contributed by atoms with Gasteiger partial charge in [0.15, 0.2) is 0 Å². The van der Waals surface area contributed by atoms with Crippen LogP contribution in [-0.4, -0.2) is 5.54 Å². The number of nitrogens with two attached hydrogens (primary N) is 1. The minimum atomic E-state index is -3.27. The molecule has 0 spiro atoms. The van der Waals surface area contributed by atoms with Crippen LogP contribution in [0.15, 0.2) is 24.3 Å². The van der Waals surface area contributed by atoms with Crippen LogP contribution in [0.4, 0.5) is 13.2 Å². The van der Waals surface area contributed by atoms with Gasteiger partial charge >= 0.3 is 0 Å². The molecule has 1 fully saturated rings. The zero-order valence-corrected chi connectivity index (χ0v) is 7.43. The first-order valence-corrected chi connectivity index (χ1v) is 4.39. The fourth-order valence-electron chi connectivity index (χ4n) is 1.43. The highest BCUT2D eigenvalue weighted by Crippen LogP contribution is 2.52. The van der Waals surface area contributed by atoms with Gasteiger partial charge in [-0.3, -0.25) is 0 Å². The highest BCUT2D eigenvalue weighted by atomic mass is 19.3. The van der Waals surface area contributed by atoms with Crippen LogP contribution in [0.2, 0.25) is 0 Å². The predicted molar refractivity (Wildman–Crippen MR) is 46.4 cm³/mol. The van der Waals surface area contributed by atoms with E-state index in [1.807, 2.05) is 0 Å². The van der Waals surface area contributed by atoms with Crippen LogP contribution < -0.4 is 5.73 Å². The standard InChI is InChI=1S/C10H10F3N/c11-8-4-2-1-3-7(8)10(12,13)9(14)5-6-9/h1-4H,5-6,14H2. The summed E-state index contributed by atoms with van der Waals surface area (Å²) in [5.74, 6) is -4.16. The highest BCUT2D eigenvalue weighted by Gasteiger charge is 2.60. The fourth-order valence-corrected chi connectivity index (χ4v) is 1.43. The number of alkyl halides is 2. The average Bonchev–Trinajstić information content (AvgIpc) is 2.86. The Morgan fingerprint density at radius 2 is 1.79 bits per heavy atom. The second-order valence-electron chi connectivity index (χ2n) is 3.71. The van der Waals surface area contributed by atoms with E-state index in [0.29, 0.717) is 0 Å². The first kappa shape index (κ1) is 9.52. The molecule has 1 saturated carbocycles. The molecule has 0 aliphatic heterocycles. The quantitative estimate of drug-likeness (QED) is 0.781. The molecule has 0 amide bonds. The molecule has 1 nitrogen and oxygen atoms in total. The van der Waals surface area contributed by atoms with E-state index in [1.54, 1.807) is 0 Å². The van der Waals surface area contributed by atoms with Crippen LogP contribution in [-0.2, 0) is 5.92 Å². The van der Waals surface area contributed by atoms with E-state index in [1.165, 1.54) is 12.1 Å². The summed E-state index contributed by atoms with van der Waals surface area (Å²) in [6.45, 7) is 0. The Morgan fingerprint density at radius 1 is 1.21 bits per heavy atom. The first-order chi connectivity index (χ1) is 6.47. The molecule has 2 N–H and O–H groups in total. The van der Waals surface area contributed by atoms with E-state index < -0.39 is 22.8 Å². The zero-order valence-electron chi connectivity index (χ0n) is 7.43. The summed E-state index contributed by atoms with van der Waals surface area (Å²) in [4.78, 5) is 0. The van der Waals surface area contributed by atoms with Gasteiger partial charge in [0.1, 0.15) is 5.82 Å². The van der Waals surface area contributed by atoms with Crippen molar-refractivity contribution in [3.8, 4) is 0 Å². The molecule has 4 heteroatoms. The van der Waals surface area contributed by atoms with E-state index >= 15 is 0 Å². The molecular formula is C10H10F3N. The van der Waals surface area contributed by atoms with E-state index in [9.17, 15) is 13.2 Å². The van der Waals surface area contributed by atoms with Crippen molar-refractivity contribution in [3.05, 3.63) is 35.6 Å². The topological polar surface area (TPSA) is 26.0 Å². The second kappa shape index (κ2) is 2.73. The van der Waals surface area contributed by atoms with Gasteiger partial charge in [0.05, 0.1) is 11.1 Å². The minimum absolute atomic E-state index is 0.244. The highest BCUT2D eigenvalue weighted by molar-refractivity contribution is 5.29. The van der Waals surface area contributed by atoms with Gasteiger partial charge in [0.25, 0.3) is 5.92 Å². The summed E-state index contributed by atoms with van der Waals surface area (Å²) < 4.78 is 40.4. The third kappa shape index (κ3) is 1.21. The van der Waals surface area contributed by atoms with Crippen LogP contribution in [0, 0.1) is 5.82 Å². The maximum atomic E-state index is 13.6. The molecule has 0 saturated heterocycles. The van der Waals surface area contributed by atoms with Crippen LogP contribution in [0.1, 0.15) is 18.4 Å². The maximum absolute atomic E-state index is 13.6. The Balaban J connectivity index is 2.44. The average molecular weight is 201 g/mol. The lowest BCUT2D eigenvalue weighted by Gasteiger charge is -2.23. The number of hydrogen-bond donors (Lipinski definition) is 1. The number of rotatable bonds is 2. The van der Waals surface area contributed by atoms with Gasteiger partial charge in [-0.2, -0.15) is 8.78 Å². The van der Waals surface area contributed by atoms with Gasteiger partial charge in [-0.15, -0.1) is 0 Å². The third-order valence-electron chi connectivity index (χ3n) is 2.63. The monoisotopic (exact) mass is 201 g/mol. The lowest BCUT2D eigenvalue weighted by molar-refractivity contribution is -0.0452. The van der Waals surface area contributed by atoms with Crippen molar-refractivity contribution in [1.29, 1.82) is 0 Å². The van der Waals surface area contributed by atoms with Gasteiger partial charge in [0, 0.05) is 0 Å². The Labute approximate surface area is 79.7 Å². The number of hydrogen-bond acceptors (Lipinski definition) is 1. The SMILES string of the molecule is NC1(C(F)(F)c2ccccc2F)CC1. The summed E-state index contributed by atoms with van der Waals surface area (Å²) in [6.07, 6.45) is 0.489. The van der Waals surface area contributed by atoms with Gasteiger partial charge in [0.2, 0.25) is 0 Å². The molecule has 14 heavy (non-hydrogen) atoms. The Kier molecular flexibility index (Phi) is 1.86. The van der Waals surface area contributed by atoms with Crippen molar-refractivity contribution >= 4 is 0 Å². The maximum Gasteiger partial charge on any atom is 0.293 e. The van der Waals surface area contributed by atoms with E-state index in [4.69, 9.17) is 5.73 Å². The molecule has 1 aliphatic carbocycles. The molecular weight excluding hydrogens is 191 g/mol. The molecule has 2 rings (SSSR count). The summed E-state index contributed by atoms with van der Waals surface area (Å²) in [5.41, 5.74) is 3.28. The molecule has 1 aromatic carbocycles. The zero-order chi connectivity index (χ0) is 10.4. The van der Waals surface area contributed by atoms with Crippen molar-refractivity contribution in [1.82, 2.24) is 0 Å². The van der Waals surface area contributed by atoms with Gasteiger partial charge in [-0.25, -0.2) is 4.39 Å². The summed E-state index contributed by atoms with van der Waals surface area (Å²) in [7, 11) is 0. The van der Waals surface area contributed by atoms with E-state index in [-0.39, 0.29) is 12.8 Å². The molecule has 0 aromatic heterocycles. The number of halogens is 3. The van der Waals surface area contributed by atoms with Gasteiger partial charge in [-0.05, 0) is 18.9 Å². The van der Waals surface area contributed by atoms with Crippen molar-refractivity contribution in [3.63, 3.8) is 0 Å². The normalized spacial score (nSPS) is 19.4. The minimum Gasteiger partial charge on any atom is -0.320 e. The van der Waals surface area contributed by atoms with Crippen LogP contribution in [0.5, 0.6) is 0 Å². The van der Waals surface area contributed by atoms with Crippen molar-refractivity contribution in [2.75, 3.05) is 0 Å². The first-order valence-electron chi connectivity index (χ1n) is 4.39. The molecule has 0 heterocycles. The van der Waals surface area contributed by atoms with Crippen molar-refractivity contribution < 1.29 is 13.2 Å². The fraction of sp³-hybridized carbons (Fsp3) is 0.400. The van der Waals surface area contributed by atoms with Crippen molar-refractivity contribution in [2.24, 2.45) is 5.73 Å². The van der Waals surface area contributed by atoms with Gasteiger partial charge in [-0.1, -0.05) is 18.2 Å². The molecule has 0 unspecified atom stereocenters. The van der Waals surface area contributed by atoms with Gasteiger partial charge < -0.3 is 5.73 Å². The molecule has 0 radical (unpaired) electrons. The molecule has 0 atom stereocenters. The Bertz CT molecular complexity index is 358. The van der Waals surface area contributed by atoms with E-state index in [0.717, 1.165) is 12.1 Å². The van der Waals surface area contributed by atoms with Crippen LogP contribution in [0.25, 0.3) is 0 Å². The Hall–Kier alpha value is -1.03. The largest absolute Gasteiger partial charge is 0.320 e. The Morgan fingerprint density at radius 3 is 2.29 bits per heavy atom. The molecule has 76 valence electrons. The number of benzene rings is 1. The van der Waals surface area contributed by atoms with Crippen LogP contribution in [0.3, 0.4) is 0 Å².